The van der Waals surface area contributed by atoms with Crippen LogP contribution in [-0.2, 0) is 6.42 Å². The molecule has 2 aromatic rings. The first kappa shape index (κ1) is 11.0. The molecule has 1 aromatic carbocycles. The van der Waals surface area contributed by atoms with Gasteiger partial charge in [-0.05, 0) is 6.92 Å². The number of benzene rings is 1. The molecule has 0 saturated heterocycles. The van der Waals surface area contributed by atoms with Gasteiger partial charge in [-0.1, -0.05) is 30.3 Å². The Morgan fingerprint density at radius 3 is 2.72 bits per heavy atom. The van der Waals surface area contributed by atoms with Crippen LogP contribution in [-0.4, -0.2) is 23.2 Å². The van der Waals surface area contributed by atoms with Crippen molar-refractivity contribution in [1.82, 2.24) is 9.97 Å². The van der Waals surface area contributed by atoms with E-state index in [1.807, 2.05) is 37.3 Å². The van der Waals surface area contributed by atoms with Crippen LogP contribution in [0.3, 0.4) is 0 Å². The van der Waals surface area contributed by atoms with Gasteiger partial charge in [-0.15, -0.1) is 0 Å². The lowest BCUT2D eigenvalue weighted by Crippen LogP contribution is -2.05. The zero-order valence-corrected chi connectivity index (χ0v) is 10.4. The van der Waals surface area contributed by atoms with Crippen LogP contribution in [0.2, 0.25) is 0 Å². The normalized spacial score (nSPS) is 17.1. The molecule has 4 heteroatoms. The lowest BCUT2D eigenvalue weighted by atomic mass is 10.1. The van der Waals surface area contributed by atoms with Crippen molar-refractivity contribution in [3.8, 4) is 23.1 Å². The van der Waals surface area contributed by atoms with Crippen LogP contribution in [0.4, 0.5) is 0 Å². The second kappa shape index (κ2) is 4.29. The lowest BCUT2D eigenvalue weighted by molar-refractivity contribution is 0.246. The predicted octanol–water partition coefficient (Wildman–Crippen LogP) is 2.48. The van der Waals surface area contributed by atoms with Gasteiger partial charge < -0.3 is 9.47 Å². The van der Waals surface area contributed by atoms with Gasteiger partial charge in [0.2, 0.25) is 11.8 Å². The molecule has 1 aliphatic heterocycles. The van der Waals surface area contributed by atoms with Crippen LogP contribution >= 0.6 is 0 Å². The third kappa shape index (κ3) is 1.79. The minimum absolute atomic E-state index is 0.134. The Bertz CT molecular complexity index is 570. The van der Waals surface area contributed by atoms with Gasteiger partial charge in [0.1, 0.15) is 6.10 Å². The summed E-state index contributed by atoms with van der Waals surface area (Å²) >= 11 is 0. The van der Waals surface area contributed by atoms with E-state index in [0.29, 0.717) is 17.6 Å². The second-order valence-corrected chi connectivity index (χ2v) is 4.34. The van der Waals surface area contributed by atoms with Gasteiger partial charge in [-0.25, -0.2) is 0 Å². The van der Waals surface area contributed by atoms with Crippen molar-refractivity contribution in [2.45, 2.75) is 19.4 Å². The Labute approximate surface area is 106 Å². The number of nitrogens with zero attached hydrogens (tertiary/aromatic N) is 2. The van der Waals surface area contributed by atoms with Gasteiger partial charge in [0.05, 0.1) is 12.7 Å². The van der Waals surface area contributed by atoms with E-state index in [4.69, 9.17) is 9.47 Å². The van der Waals surface area contributed by atoms with E-state index >= 15 is 0 Å². The number of hydrogen-bond donors (Lipinski definition) is 0. The Hall–Kier alpha value is -2.10. The summed E-state index contributed by atoms with van der Waals surface area (Å²) in [7, 11) is 1.63. The van der Waals surface area contributed by atoms with E-state index in [2.05, 4.69) is 9.97 Å². The molecule has 1 aliphatic rings. The molecule has 0 amide bonds. The van der Waals surface area contributed by atoms with E-state index < -0.39 is 0 Å². The van der Waals surface area contributed by atoms with Crippen LogP contribution in [0.15, 0.2) is 30.3 Å². The Morgan fingerprint density at radius 2 is 2.00 bits per heavy atom. The van der Waals surface area contributed by atoms with E-state index in [9.17, 15) is 0 Å². The summed E-state index contributed by atoms with van der Waals surface area (Å²) < 4.78 is 11.0. The minimum Gasteiger partial charge on any atom is -0.481 e. The molecule has 0 aliphatic carbocycles. The standard InChI is InChI=1S/C14H14N2O2/c1-9-8-11-13(17-2)15-12(16-14(11)18-9)10-6-4-3-5-7-10/h3-7,9H,8H2,1-2H3. The first-order chi connectivity index (χ1) is 8.78. The average molecular weight is 242 g/mol. The summed E-state index contributed by atoms with van der Waals surface area (Å²) in [6.45, 7) is 2.02. The van der Waals surface area contributed by atoms with Crippen molar-refractivity contribution in [2.75, 3.05) is 7.11 Å². The predicted molar refractivity (Wildman–Crippen MR) is 67.8 cm³/mol. The Kier molecular flexibility index (Phi) is 2.63. The van der Waals surface area contributed by atoms with Crippen LogP contribution < -0.4 is 9.47 Å². The van der Waals surface area contributed by atoms with Crippen molar-refractivity contribution >= 4 is 0 Å². The molecular weight excluding hydrogens is 228 g/mol. The second-order valence-electron chi connectivity index (χ2n) is 4.34. The molecule has 0 N–H and O–H groups in total. The third-order valence-electron chi connectivity index (χ3n) is 2.96. The molecule has 1 atom stereocenters. The van der Waals surface area contributed by atoms with Crippen molar-refractivity contribution < 1.29 is 9.47 Å². The summed E-state index contributed by atoms with van der Waals surface area (Å²) in [5.74, 6) is 1.90. The lowest BCUT2D eigenvalue weighted by Gasteiger charge is -2.07. The number of ether oxygens (including phenoxy) is 2. The maximum atomic E-state index is 5.68. The number of rotatable bonds is 2. The molecule has 0 radical (unpaired) electrons. The van der Waals surface area contributed by atoms with Gasteiger partial charge in [-0.3, -0.25) is 0 Å². The summed E-state index contributed by atoms with van der Waals surface area (Å²) in [6.07, 6.45) is 0.933. The van der Waals surface area contributed by atoms with Crippen molar-refractivity contribution in [1.29, 1.82) is 0 Å². The van der Waals surface area contributed by atoms with Gasteiger partial charge in [0.15, 0.2) is 5.82 Å². The van der Waals surface area contributed by atoms with Gasteiger partial charge in [-0.2, -0.15) is 9.97 Å². The number of hydrogen-bond acceptors (Lipinski definition) is 4. The molecule has 0 bridgehead atoms. The first-order valence-electron chi connectivity index (χ1n) is 5.95. The van der Waals surface area contributed by atoms with Crippen molar-refractivity contribution in [3.05, 3.63) is 35.9 Å². The fourth-order valence-electron chi connectivity index (χ4n) is 2.12. The van der Waals surface area contributed by atoms with Crippen molar-refractivity contribution in [2.24, 2.45) is 0 Å². The third-order valence-corrected chi connectivity index (χ3v) is 2.96. The molecule has 1 unspecified atom stereocenters. The van der Waals surface area contributed by atoms with E-state index in [0.717, 1.165) is 17.5 Å². The minimum atomic E-state index is 0.134. The number of aromatic nitrogens is 2. The van der Waals surface area contributed by atoms with Crippen LogP contribution in [0.5, 0.6) is 11.8 Å². The summed E-state index contributed by atoms with van der Waals surface area (Å²) in [4.78, 5) is 8.92. The highest BCUT2D eigenvalue weighted by Crippen LogP contribution is 2.34. The monoisotopic (exact) mass is 242 g/mol. The Morgan fingerprint density at radius 1 is 1.22 bits per heavy atom. The fraction of sp³-hybridized carbons (Fsp3) is 0.286. The molecule has 0 fully saturated rings. The fourth-order valence-corrected chi connectivity index (χ4v) is 2.12. The summed E-state index contributed by atoms with van der Waals surface area (Å²) in [6, 6.07) is 9.83. The van der Waals surface area contributed by atoms with E-state index in [1.54, 1.807) is 7.11 Å². The average Bonchev–Trinajstić information content (AvgIpc) is 2.78. The van der Waals surface area contributed by atoms with Crippen LogP contribution in [0.25, 0.3) is 11.4 Å². The largest absolute Gasteiger partial charge is 0.481 e. The highest BCUT2D eigenvalue weighted by Gasteiger charge is 2.26. The van der Waals surface area contributed by atoms with Crippen LogP contribution in [0, 0.1) is 0 Å². The smallest absolute Gasteiger partial charge is 0.224 e. The Balaban J connectivity index is 2.11. The van der Waals surface area contributed by atoms with E-state index in [-0.39, 0.29) is 6.10 Å². The summed E-state index contributed by atoms with van der Waals surface area (Å²) in [5, 5.41) is 0. The summed E-state index contributed by atoms with van der Waals surface area (Å²) in [5.41, 5.74) is 1.92. The highest BCUT2D eigenvalue weighted by atomic mass is 16.5. The first-order valence-corrected chi connectivity index (χ1v) is 5.95. The molecule has 4 nitrogen and oxygen atoms in total. The number of methoxy groups -OCH3 is 1. The molecule has 1 aromatic heterocycles. The van der Waals surface area contributed by atoms with E-state index in [1.165, 1.54) is 0 Å². The molecule has 3 rings (SSSR count). The molecule has 2 heterocycles. The molecular formula is C14H14N2O2. The van der Waals surface area contributed by atoms with Gasteiger partial charge in [0.25, 0.3) is 0 Å². The van der Waals surface area contributed by atoms with Gasteiger partial charge >= 0.3 is 0 Å². The zero-order chi connectivity index (χ0) is 12.5. The molecule has 0 spiro atoms. The zero-order valence-electron chi connectivity index (χ0n) is 10.4. The maximum absolute atomic E-state index is 5.68. The highest BCUT2D eigenvalue weighted by molar-refractivity contribution is 5.57. The van der Waals surface area contributed by atoms with Gasteiger partial charge in [0, 0.05) is 12.0 Å². The number of fused-ring (bicyclic) bond motifs is 1. The quantitative estimate of drug-likeness (QED) is 0.811. The molecule has 0 saturated carbocycles. The topological polar surface area (TPSA) is 44.2 Å². The van der Waals surface area contributed by atoms with Crippen LogP contribution in [0.1, 0.15) is 12.5 Å². The molecule has 18 heavy (non-hydrogen) atoms. The SMILES string of the molecule is COc1nc(-c2ccccc2)nc2c1CC(C)O2. The molecule has 92 valence electrons. The maximum Gasteiger partial charge on any atom is 0.224 e. The van der Waals surface area contributed by atoms with Crippen molar-refractivity contribution in [3.63, 3.8) is 0 Å².